The first-order chi connectivity index (χ1) is 10.4. The van der Waals surface area contributed by atoms with Crippen LogP contribution in [0.4, 0.5) is 0 Å². The van der Waals surface area contributed by atoms with E-state index in [1.54, 1.807) is 0 Å². The van der Waals surface area contributed by atoms with Gasteiger partial charge >= 0.3 is 0 Å². The van der Waals surface area contributed by atoms with Crippen LogP contribution in [0.3, 0.4) is 0 Å². The molecule has 2 heterocycles. The van der Waals surface area contributed by atoms with Gasteiger partial charge in [0.25, 0.3) is 0 Å². The van der Waals surface area contributed by atoms with Gasteiger partial charge in [0.2, 0.25) is 0 Å². The predicted octanol–water partition coefficient (Wildman–Crippen LogP) is 2.42. The lowest BCUT2D eigenvalue weighted by Crippen LogP contribution is -2.42. The second-order valence-electron chi connectivity index (χ2n) is 5.88. The first-order valence-corrected chi connectivity index (χ1v) is 8.20. The molecular weight excluding hydrogens is 264 g/mol. The third-order valence-corrected chi connectivity index (χ3v) is 4.47. The number of fused-ring (bicyclic) bond motifs is 1. The molecule has 21 heavy (non-hydrogen) atoms. The summed E-state index contributed by atoms with van der Waals surface area (Å²) in [5, 5.41) is 3.69. The number of nitrogens with one attached hydrogen (secondary N) is 1. The molecule has 4 nitrogen and oxygen atoms in total. The number of ether oxygens (including phenoxy) is 2. The van der Waals surface area contributed by atoms with Crippen molar-refractivity contribution in [3.05, 3.63) is 23.8 Å². The Balaban J connectivity index is 1.58. The van der Waals surface area contributed by atoms with Crippen LogP contribution in [0.15, 0.2) is 18.2 Å². The average molecular weight is 290 g/mol. The average Bonchev–Trinajstić information content (AvgIpc) is 2.79. The topological polar surface area (TPSA) is 33.7 Å². The summed E-state index contributed by atoms with van der Waals surface area (Å²) in [6, 6.07) is 6.82. The van der Waals surface area contributed by atoms with Gasteiger partial charge in [0.05, 0.1) is 13.2 Å². The number of hydrogen-bond donors (Lipinski definition) is 1. The fraction of sp³-hybridized carbons (Fsp3) is 0.647. The summed E-state index contributed by atoms with van der Waals surface area (Å²) in [5.74, 6) is 1.83. The zero-order valence-corrected chi connectivity index (χ0v) is 12.9. The first-order valence-electron chi connectivity index (χ1n) is 8.20. The standard InChI is InChI=1S/C17H26N2O2/c1-2-19-9-7-15(8-10-19)18-13-14-5-3-6-16-17(14)21-12-4-11-20-16/h3,5-6,15,18H,2,4,7-13H2,1H3. The minimum absolute atomic E-state index is 0.621. The fourth-order valence-corrected chi connectivity index (χ4v) is 3.10. The summed E-state index contributed by atoms with van der Waals surface area (Å²) in [6.45, 7) is 8.19. The van der Waals surface area contributed by atoms with Crippen LogP contribution in [-0.4, -0.2) is 43.8 Å². The molecule has 3 rings (SSSR count). The van der Waals surface area contributed by atoms with Crippen LogP contribution in [0.25, 0.3) is 0 Å². The van der Waals surface area contributed by atoms with Gasteiger partial charge in [0, 0.05) is 24.6 Å². The van der Waals surface area contributed by atoms with Crippen molar-refractivity contribution in [1.82, 2.24) is 10.2 Å². The van der Waals surface area contributed by atoms with Crippen LogP contribution in [0.1, 0.15) is 31.7 Å². The minimum atomic E-state index is 0.621. The smallest absolute Gasteiger partial charge is 0.165 e. The van der Waals surface area contributed by atoms with E-state index < -0.39 is 0 Å². The van der Waals surface area contributed by atoms with Crippen LogP contribution in [-0.2, 0) is 6.54 Å². The molecule has 0 spiro atoms. The molecule has 1 saturated heterocycles. The number of hydrogen-bond acceptors (Lipinski definition) is 4. The Morgan fingerprint density at radius 3 is 2.81 bits per heavy atom. The van der Waals surface area contributed by atoms with Crippen molar-refractivity contribution in [1.29, 1.82) is 0 Å². The molecule has 0 aromatic heterocycles. The van der Waals surface area contributed by atoms with E-state index in [9.17, 15) is 0 Å². The number of nitrogens with zero attached hydrogens (tertiary/aromatic N) is 1. The van der Waals surface area contributed by atoms with E-state index in [2.05, 4.69) is 29.3 Å². The van der Waals surface area contributed by atoms with Gasteiger partial charge < -0.3 is 19.7 Å². The lowest BCUT2D eigenvalue weighted by atomic mass is 10.0. The quantitative estimate of drug-likeness (QED) is 0.923. The highest BCUT2D eigenvalue weighted by molar-refractivity contribution is 5.47. The van der Waals surface area contributed by atoms with Gasteiger partial charge in [0.1, 0.15) is 0 Å². The van der Waals surface area contributed by atoms with E-state index >= 15 is 0 Å². The van der Waals surface area contributed by atoms with Crippen LogP contribution in [0, 0.1) is 0 Å². The third-order valence-electron chi connectivity index (χ3n) is 4.47. The zero-order chi connectivity index (χ0) is 14.5. The van der Waals surface area contributed by atoms with Crippen LogP contribution in [0.5, 0.6) is 11.5 Å². The summed E-state index contributed by atoms with van der Waals surface area (Å²) >= 11 is 0. The lowest BCUT2D eigenvalue weighted by Gasteiger charge is -2.31. The van der Waals surface area contributed by atoms with E-state index in [-0.39, 0.29) is 0 Å². The van der Waals surface area contributed by atoms with E-state index in [1.807, 2.05) is 6.07 Å². The van der Waals surface area contributed by atoms with Crippen molar-refractivity contribution in [2.45, 2.75) is 38.8 Å². The molecule has 1 fully saturated rings. The molecule has 0 aliphatic carbocycles. The van der Waals surface area contributed by atoms with Crippen molar-refractivity contribution in [2.75, 3.05) is 32.8 Å². The molecule has 2 aliphatic heterocycles. The summed E-state index contributed by atoms with van der Waals surface area (Å²) in [5.41, 5.74) is 1.22. The molecule has 2 aliphatic rings. The van der Waals surface area contributed by atoms with E-state index in [1.165, 1.54) is 38.0 Å². The maximum absolute atomic E-state index is 5.88. The molecule has 0 saturated carbocycles. The highest BCUT2D eigenvalue weighted by atomic mass is 16.5. The molecule has 0 bridgehead atoms. The molecule has 0 amide bonds. The first kappa shape index (κ1) is 14.7. The van der Waals surface area contributed by atoms with Crippen LogP contribution >= 0.6 is 0 Å². The van der Waals surface area contributed by atoms with E-state index in [0.717, 1.165) is 37.7 Å². The van der Waals surface area contributed by atoms with Crippen LogP contribution < -0.4 is 14.8 Å². The molecule has 116 valence electrons. The number of para-hydroxylation sites is 1. The second-order valence-corrected chi connectivity index (χ2v) is 5.88. The Kier molecular flexibility index (Phi) is 4.99. The molecule has 0 radical (unpaired) electrons. The van der Waals surface area contributed by atoms with E-state index in [0.29, 0.717) is 6.04 Å². The zero-order valence-electron chi connectivity index (χ0n) is 12.9. The molecule has 0 unspecified atom stereocenters. The molecule has 0 atom stereocenters. The number of rotatable bonds is 4. The number of piperidine rings is 1. The Labute approximate surface area is 127 Å². The number of benzene rings is 1. The monoisotopic (exact) mass is 290 g/mol. The predicted molar refractivity (Wildman–Crippen MR) is 84.0 cm³/mol. The molecule has 1 aromatic carbocycles. The van der Waals surface area contributed by atoms with Crippen molar-refractivity contribution in [2.24, 2.45) is 0 Å². The number of likely N-dealkylation sites (tertiary alicyclic amines) is 1. The van der Waals surface area contributed by atoms with Gasteiger partial charge in [-0.2, -0.15) is 0 Å². The molecule has 4 heteroatoms. The molecular formula is C17H26N2O2. The summed E-state index contributed by atoms with van der Waals surface area (Å²) in [4.78, 5) is 2.52. The van der Waals surface area contributed by atoms with Crippen LogP contribution in [0.2, 0.25) is 0 Å². The van der Waals surface area contributed by atoms with Crippen molar-refractivity contribution in [3.63, 3.8) is 0 Å². The van der Waals surface area contributed by atoms with Gasteiger partial charge in [0.15, 0.2) is 11.5 Å². The maximum atomic E-state index is 5.88. The lowest BCUT2D eigenvalue weighted by molar-refractivity contribution is 0.205. The van der Waals surface area contributed by atoms with Gasteiger partial charge in [-0.15, -0.1) is 0 Å². The Morgan fingerprint density at radius 2 is 2.00 bits per heavy atom. The van der Waals surface area contributed by atoms with Crippen molar-refractivity contribution >= 4 is 0 Å². The third kappa shape index (κ3) is 3.69. The molecule has 1 N–H and O–H groups in total. The molecule has 1 aromatic rings. The highest BCUT2D eigenvalue weighted by Gasteiger charge is 2.19. The van der Waals surface area contributed by atoms with Crippen molar-refractivity contribution in [3.8, 4) is 11.5 Å². The van der Waals surface area contributed by atoms with Gasteiger partial charge in [-0.3, -0.25) is 0 Å². The summed E-state index contributed by atoms with van der Waals surface area (Å²) in [7, 11) is 0. The van der Waals surface area contributed by atoms with E-state index in [4.69, 9.17) is 9.47 Å². The van der Waals surface area contributed by atoms with Gasteiger partial charge in [-0.1, -0.05) is 19.1 Å². The summed E-state index contributed by atoms with van der Waals surface area (Å²) in [6.07, 6.45) is 3.43. The van der Waals surface area contributed by atoms with Crippen molar-refractivity contribution < 1.29 is 9.47 Å². The van der Waals surface area contributed by atoms with Gasteiger partial charge in [-0.05, 0) is 38.5 Å². The second kappa shape index (κ2) is 7.14. The maximum Gasteiger partial charge on any atom is 0.165 e. The highest BCUT2D eigenvalue weighted by Crippen LogP contribution is 2.33. The normalized spacial score (nSPS) is 20.2. The largest absolute Gasteiger partial charge is 0.490 e. The SMILES string of the molecule is CCN1CCC(NCc2cccc3c2OCCCO3)CC1. The Bertz CT molecular complexity index is 456. The minimum Gasteiger partial charge on any atom is -0.490 e. The Hall–Kier alpha value is -1.26. The van der Waals surface area contributed by atoms with Gasteiger partial charge in [-0.25, -0.2) is 0 Å². The fourth-order valence-electron chi connectivity index (χ4n) is 3.10. The Morgan fingerprint density at radius 1 is 1.19 bits per heavy atom. The summed E-state index contributed by atoms with van der Waals surface area (Å²) < 4.78 is 11.6.